The van der Waals surface area contributed by atoms with Crippen LogP contribution in [0.4, 0.5) is 10.5 Å². The molecule has 7 nitrogen and oxygen atoms in total. The lowest BCUT2D eigenvalue weighted by Gasteiger charge is -2.28. The molecular formula is C19H24N4O3. The van der Waals surface area contributed by atoms with Gasteiger partial charge in [0.1, 0.15) is 6.61 Å². The fourth-order valence-electron chi connectivity index (χ4n) is 2.95. The summed E-state index contributed by atoms with van der Waals surface area (Å²) in [6.45, 7) is 7.66. The maximum Gasteiger partial charge on any atom is 0.338 e. The number of carbonyl (C=O) groups excluding carboxylic acids is 2. The Kier molecular flexibility index (Phi) is 6.61. The molecular weight excluding hydrogens is 332 g/mol. The Morgan fingerprint density at radius 2 is 1.92 bits per heavy atom. The average molecular weight is 356 g/mol. The first-order valence-corrected chi connectivity index (χ1v) is 8.69. The van der Waals surface area contributed by atoms with Crippen LogP contribution in [0.15, 0.2) is 35.5 Å². The van der Waals surface area contributed by atoms with E-state index in [4.69, 9.17) is 10.00 Å². The van der Waals surface area contributed by atoms with Crippen molar-refractivity contribution in [3.05, 3.63) is 41.1 Å². The molecule has 0 unspecified atom stereocenters. The molecule has 2 rings (SSSR count). The summed E-state index contributed by atoms with van der Waals surface area (Å²) in [5.74, 6) is -0.539. The van der Waals surface area contributed by atoms with Crippen LogP contribution >= 0.6 is 0 Å². The number of nitrogens with zero attached hydrogens (tertiary/aromatic N) is 2. The molecule has 0 saturated heterocycles. The number of amides is 2. The predicted octanol–water partition coefficient (Wildman–Crippen LogP) is 2.62. The summed E-state index contributed by atoms with van der Waals surface area (Å²) in [5.41, 5.74) is 2.67. The molecule has 0 bridgehead atoms. The van der Waals surface area contributed by atoms with Crippen molar-refractivity contribution in [3.8, 4) is 6.07 Å². The summed E-state index contributed by atoms with van der Waals surface area (Å²) in [7, 11) is 0. The van der Waals surface area contributed by atoms with Crippen molar-refractivity contribution in [2.45, 2.75) is 33.2 Å². The molecule has 0 radical (unpaired) electrons. The topological polar surface area (TPSA) is 94.5 Å². The number of nitrogens with one attached hydrogen (secondary N) is 2. The van der Waals surface area contributed by atoms with Crippen LogP contribution in [0.1, 0.15) is 38.8 Å². The molecule has 7 heteroatoms. The average Bonchev–Trinajstić information content (AvgIpc) is 2.62. The van der Waals surface area contributed by atoms with Crippen molar-refractivity contribution in [2.75, 3.05) is 24.6 Å². The van der Waals surface area contributed by atoms with E-state index in [-0.39, 0.29) is 19.1 Å². The summed E-state index contributed by atoms with van der Waals surface area (Å²) in [6, 6.07) is 8.73. The maximum atomic E-state index is 12.5. The van der Waals surface area contributed by atoms with Gasteiger partial charge in [-0.05, 0) is 38.5 Å². The quantitative estimate of drug-likeness (QED) is 0.578. The Morgan fingerprint density at radius 3 is 2.50 bits per heavy atom. The smallest absolute Gasteiger partial charge is 0.338 e. The summed E-state index contributed by atoms with van der Waals surface area (Å²) in [5, 5.41) is 14.0. The lowest BCUT2D eigenvalue weighted by molar-refractivity contribution is -0.139. The van der Waals surface area contributed by atoms with Gasteiger partial charge in [-0.15, -0.1) is 0 Å². The second kappa shape index (κ2) is 8.90. The van der Waals surface area contributed by atoms with Crippen molar-refractivity contribution >= 4 is 17.7 Å². The van der Waals surface area contributed by atoms with Crippen LogP contribution in [0.5, 0.6) is 0 Å². The molecule has 0 spiro atoms. The first kappa shape index (κ1) is 19.3. The van der Waals surface area contributed by atoms with Crippen molar-refractivity contribution in [1.29, 1.82) is 5.26 Å². The highest BCUT2D eigenvalue weighted by Gasteiger charge is 2.32. The van der Waals surface area contributed by atoms with Crippen LogP contribution in [0.2, 0.25) is 0 Å². The lowest BCUT2D eigenvalue weighted by Crippen LogP contribution is -2.45. The van der Waals surface area contributed by atoms with Gasteiger partial charge < -0.3 is 20.3 Å². The van der Waals surface area contributed by atoms with E-state index >= 15 is 0 Å². The van der Waals surface area contributed by atoms with Gasteiger partial charge in [0.2, 0.25) is 0 Å². The molecule has 0 aromatic heterocycles. The molecule has 1 heterocycles. The SMILES string of the molecule is CCN(CC)c1ccc([C@@H]2NC(=O)NC(C)=C2C(=O)OCCC#N)cc1. The van der Waals surface area contributed by atoms with Gasteiger partial charge in [0.25, 0.3) is 0 Å². The van der Waals surface area contributed by atoms with Crippen LogP contribution in [0, 0.1) is 11.3 Å². The molecule has 1 aromatic rings. The van der Waals surface area contributed by atoms with Gasteiger partial charge in [-0.25, -0.2) is 9.59 Å². The molecule has 1 atom stereocenters. The second-order valence-corrected chi connectivity index (χ2v) is 5.88. The Bertz CT molecular complexity index is 730. The zero-order chi connectivity index (χ0) is 19.1. The molecule has 2 N–H and O–H groups in total. The summed E-state index contributed by atoms with van der Waals surface area (Å²) < 4.78 is 5.16. The highest BCUT2D eigenvalue weighted by molar-refractivity contribution is 5.95. The van der Waals surface area contributed by atoms with E-state index < -0.39 is 12.0 Å². The Hall–Kier alpha value is -3.01. The van der Waals surface area contributed by atoms with Crippen LogP contribution in [0.25, 0.3) is 0 Å². The number of hydrogen-bond acceptors (Lipinski definition) is 5. The van der Waals surface area contributed by atoms with Crippen molar-refractivity contribution in [3.63, 3.8) is 0 Å². The van der Waals surface area contributed by atoms with Gasteiger partial charge in [-0.2, -0.15) is 5.26 Å². The normalized spacial score (nSPS) is 16.4. The zero-order valence-electron chi connectivity index (χ0n) is 15.3. The summed E-state index contributed by atoms with van der Waals surface area (Å²) in [4.78, 5) is 26.6. The highest BCUT2D eigenvalue weighted by atomic mass is 16.5. The number of urea groups is 1. The number of allylic oxidation sites excluding steroid dienone is 1. The highest BCUT2D eigenvalue weighted by Crippen LogP contribution is 2.29. The van der Waals surface area contributed by atoms with Gasteiger partial charge in [0, 0.05) is 24.5 Å². The van der Waals surface area contributed by atoms with Crippen LogP contribution < -0.4 is 15.5 Å². The van der Waals surface area contributed by atoms with E-state index in [0.29, 0.717) is 11.3 Å². The van der Waals surface area contributed by atoms with E-state index in [1.54, 1.807) is 6.92 Å². The lowest BCUT2D eigenvalue weighted by atomic mass is 9.95. The van der Waals surface area contributed by atoms with Crippen LogP contribution in [-0.4, -0.2) is 31.7 Å². The monoisotopic (exact) mass is 356 g/mol. The molecule has 0 saturated carbocycles. The van der Waals surface area contributed by atoms with Gasteiger partial charge >= 0.3 is 12.0 Å². The van der Waals surface area contributed by atoms with E-state index in [1.807, 2.05) is 30.3 Å². The molecule has 1 aliphatic heterocycles. The van der Waals surface area contributed by atoms with E-state index in [1.165, 1.54) is 0 Å². The Labute approximate surface area is 153 Å². The van der Waals surface area contributed by atoms with Gasteiger partial charge in [0.05, 0.1) is 24.1 Å². The second-order valence-electron chi connectivity index (χ2n) is 5.88. The molecule has 138 valence electrons. The number of benzene rings is 1. The van der Waals surface area contributed by atoms with Crippen LogP contribution in [-0.2, 0) is 9.53 Å². The number of nitriles is 1. The molecule has 0 aliphatic carbocycles. The minimum Gasteiger partial charge on any atom is -0.461 e. The maximum absolute atomic E-state index is 12.5. The summed E-state index contributed by atoms with van der Waals surface area (Å²) in [6.07, 6.45) is 0.126. The Balaban J connectivity index is 2.29. The third-order valence-electron chi connectivity index (χ3n) is 4.29. The zero-order valence-corrected chi connectivity index (χ0v) is 15.3. The van der Waals surface area contributed by atoms with Crippen molar-refractivity contribution in [2.24, 2.45) is 0 Å². The van der Waals surface area contributed by atoms with Gasteiger partial charge in [-0.1, -0.05) is 12.1 Å². The molecule has 26 heavy (non-hydrogen) atoms. The first-order chi connectivity index (χ1) is 12.5. The largest absolute Gasteiger partial charge is 0.461 e. The third kappa shape index (κ3) is 4.33. The number of hydrogen-bond donors (Lipinski definition) is 2. The van der Waals surface area contributed by atoms with E-state index in [0.717, 1.165) is 24.3 Å². The molecule has 0 fully saturated rings. The van der Waals surface area contributed by atoms with E-state index in [2.05, 4.69) is 29.4 Å². The van der Waals surface area contributed by atoms with Gasteiger partial charge in [0.15, 0.2) is 0 Å². The standard InChI is InChI=1S/C19H24N4O3/c1-4-23(5-2)15-9-7-14(8-10-15)17-16(13(3)21-19(25)22-17)18(24)26-12-6-11-20/h7-10,17H,4-6,12H2,1-3H3,(H2,21,22,25)/t17-/m0/s1. The predicted molar refractivity (Wildman–Crippen MR) is 98.3 cm³/mol. The van der Waals surface area contributed by atoms with Crippen molar-refractivity contribution < 1.29 is 14.3 Å². The molecule has 1 aliphatic rings. The molecule has 2 amide bonds. The Morgan fingerprint density at radius 1 is 1.27 bits per heavy atom. The third-order valence-corrected chi connectivity index (χ3v) is 4.29. The van der Waals surface area contributed by atoms with Gasteiger partial charge in [-0.3, -0.25) is 0 Å². The van der Waals surface area contributed by atoms with Crippen LogP contribution in [0.3, 0.4) is 0 Å². The number of carbonyl (C=O) groups is 2. The number of anilines is 1. The molecule has 1 aromatic carbocycles. The van der Waals surface area contributed by atoms with E-state index in [9.17, 15) is 9.59 Å². The summed E-state index contributed by atoms with van der Waals surface area (Å²) >= 11 is 0. The number of ether oxygens (including phenoxy) is 1. The number of esters is 1. The fraction of sp³-hybridized carbons (Fsp3) is 0.421. The van der Waals surface area contributed by atoms with Crippen molar-refractivity contribution in [1.82, 2.24) is 10.6 Å². The fourth-order valence-corrected chi connectivity index (χ4v) is 2.95. The minimum atomic E-state index is -0.593. The first-order valence-electron chi connectivity index (χ1n) is 8.69. The minimum absolute atomic E-state index is 0.0215. The number of rotatable bonds is 7.